The third kappa shape index (κ3) is 4.18. The Labute approximate surface area is 164 Å². The number of fused-ring (bicyclic) bond motifs is 1. The van der Waals surface area contributed by atoms with Crippen molar-refractivity contribution in [2.45, 2.75) is 74.7 Å². The van der Waals surface area contributed by atoms with E-state index in [1.807, 2.05) is 28.8 Å². The average Bonchev–Trinajstić information content (AvgIpc) is 2.70. The molecule has 4 rings (SSSR count). The zero-order valence-corrected chi connectivity index (χ0v) is 16.5. The third-order valence-electron chi connectivity index (χ3n) is 5.61. The topological polar surface area (TPSA) is 52.0 Å². The second kappa shape index (κ2) is 8.42. The van der Waals surface area contributed by atoms with Gasteiger partial charge in [0.15, 0.2) is 5.16 Å². The van der Waals surface area contributed by atoms with Gasteiger partial charge < -0.3 is 0 Å². The molecule has 0 bridgehead atoms. The van der Waals surface area contributed by atoms with Gasteiger partial charge in [-0.2, -0.15) is 0 Å². The largest absolute Gasteiger partial charge is 0.298 e. The van der Waals surface area contributed by atoms with Crippen LogP contribution in [0.3, 0.4) is 0 Å². The molecule has 142 valence electrons. The predicted octanol–water partition coefficient (Wildman–Crippen LogP) is 4.89. The van der Waals surface area contributed by atoms with Gasteiger partial charge in [-0.05, 0) is 57.1 Å². The summed E-state index contributed by atoms with van der Waals surface area (Å²) < 4.78 is 1.81. The van der Waals surface area contributed by atoms with E-state index in [1.54, 1.807) is 0 Å². The highest BCUT2D eigenvalue weighted by atomic mass is 32.2. The zero-order valence-electron chi connectivity index (χ0n) is 15.7. The van der Waals surface area contributed by atoms with Crippen molar-refractivity contribution in [3.05, 3.63) is 46.3 Å². The van der Waals surface area contributed by atoms with E-state index in [0.717, 1.165) is 44.0 Å². The van der Waals surface area contributed by atoms with Gasteiger partial charge in [-0.15, -0.1) is 0 Å². The molecule has 0 spiro atoms. The molecular formula is C22H26N2O2S. The highest BCUT2D eigenvalue weighted by Gasteiger charge is 2.25. The maximum atomic E-state index is 13.2. The van der Waals surface area contributed by atoms with Crippen LogP contribution in [0, 0.1) is 0 Å². The van der Waals surface area contributed by atoms with Crippen LogP contribution in [0.4, 0.5) is 0 Å². The number of carbonyl (C=O) groups is 1. The smallest absolute Gasteiger partial charge is 0.262 e. The van der Waals surface area contributed by atoms with Gasteiger partial charge >= 0.3 is 0 Å². The summed E-state index contributed by atoms with van der Waals surface area (Å²) in [7, 11) is 0. The standard InChI is InChI=1S/C22H26N2O2S/c25-19-12-6-7-13-20(19)27-22-23-18-11-5-4-10-17(18)21(26)24(22)15-14-16-8-2-1-3-9-16/h4-5,8,10-11,20H,1-3,6-7,9,12-15H2/t20-/m0/s1. The molecule has 0 radical (unpaired) electrons. The van der Waals surface area contributed by atoms with Crippen LogP contribution in [0.1, 0.15) is 57.8 Å². The minimum atomic E-state index is -0.0630. The van der Waals surface area contributed by atoms with Gasteiger partial charge in [0.05, 0.1) is 16.2 Å². The normalized spacial score (nSPS) is 20.7. The minimum Gasteiger partial charge on any atom is -0.298 e. The molecule has 5 heteroatoms. The number of hydrogen-bond donors (Lipinski definition) is 0. The summed E-state index contributed by atoms with van der Waals surface area (Å²) in [6.45, 7) is 0.645. The van der Waals surface area contributed by atoms with Crippen LogP contribution in [-0.4, -0.2) is 20.6 Å². The molecular weight excluding hydrogens is 356 g/mol. The van der Waals surface area contributed by atoms with E-state index in [-0.39, 0.29) is 10.8 Å². The predicted molar refractivity (Wildman–Crippen MR) is 110 cm³/mol. The summed E-state index contributed by atoms with van der Waals surface area (Å²) in [6.07, 6.45) is 11.6. The highest BCUT2D eigenvalue weighted by Crippen LogP contribution is 2.31. The molecule has 1 fully saturated rings. The molecule has 2 aromatic rings. The molecule has 0 amide bonds. The van der Waals surface area contributed by atoms with E-state index < -0.39 is 0 Å². The van der Waals surface area contributed by atoms with E-state index >= 15 is 0 Å². The Kier molecular flexibility index (Phi) is 5.77. The second-order valence-electron chi connectivity index (χ2n) is 7.55. The average molecular weight is 383 g/mol. The number of Topliss-reactive ketones (excluding diaryl/α,β-unsaturated/α-hetero) is 1. The molecule has 1 aromatic carbocycles. The van der Waals surface area contributed by atoms with E-state index in [1.165, 1.54) is 30.2 Å². The van der Waals surface area contributed by atoms with Crippen LogP contribution in [0.5, 0.6) is 0 Å². The highest BCUT2D eigenvalue weighted by molar-refractivity contribution is 8.00. The molecule has 0 N–H and O–H groups in total. The van der Waals surface area contributed by atoms with E-state index in [2.05, 4.69) is 6.08 Å². The van der Waals surface area contributed by atoms with E-state index in [4.69, 9.17) is 4.98 Å². The molecule has 2 aliphatic carbocycles. The lowest BCUT2D eigenvalue weighted by Gasteiger charge is -2.22. The lowest BCUT2D eigenvalue weighted by Crippen LogP contribution is -2.27. The van der Waals surface area contributed by atoms with Crippen LogP contribution in [0.2, 0.25) is 0 Å². The Morgan fingerprint density at radius 2 is 1.93 bits per heavy atom. The number of hydrogen-bond acceptors (Lipinski definition) is 4. The van der Waals surface area contributed by atoms with Gasteiger partial charge in [-0.3, -0.25) is 14.2 Å². The first-order valence-electron chi connectivity index (χ1n) is 10.1. The number of allylic oxidation sites excluding steroid dienone is 2. The first kappa shape index (κ1) is 18.5. The number of nitrogens with zero attached hydrogens (tertiary/aromatic N) is 2. The summed E-state index contributed by atoms with van der Waals surface area (Å²) in [6, 6.07) is 7.53. The fourth-order valence-electron chi connectivity index (χ4n) is 4.02. The maximum absolute atomic E-state index is 13.2. The summed E-state index contributed by atoms with van der Waals surface area (Å²) in [5.41, 5.74) is 2.19. The number of ketones is 1. The van der Waals surface area contributed by atoms with Crippen LogP contribution in [-0.2, 0) is 11.3 Å². The van der Waals surface area contributed by atoms with Crippen LogP contribution in [0.25, 0.3) is 10.9 Å². The van der Waals surface area contributed by atoms with Gasteiger partial charge in [0.1, 0.15) is 5.78 Å². The van der Waals surface area contributed by atoms with Gasteiger partial charge in [-0.1, -0.05) is 42.0 Å². The first-order chi connectivity index (χ1) is 13.2. The SMILES string of the molecule is O=C1CCCC[C@@H]1Sc1nc2ccccc2c(=O)n1CCC1=CCCCC1. The number of aromatic nitrogens is 2. The number of benzene rings is 1. The molecule has 0 aliphatic heterocycles. The summed E-state index contributed by atoms with van der Waals surface area (Å²) in [5.74, 6) is 0.301. The fourth-order valence-corrected chi connectivity index (χ4v) is 5.27. The molecule has 0 unspecified atom stereocenters. The molecule has 1 saturated carbocycles. The quantitative estimate of drug-likeness (QED) is 0.546. The number of carbonyl (C=O) groups excluding carboxylic acids is 1. The lowest BCUT2D eigenvalue weighted by molar-refractivity contribution is -0.119. The Morgan fingerprint density at radius 1 is 1.07 bits per heavy atom. The van der Waals surface area contributed by atoms with Crippen LogP contribution >= 0.6 is 11.8 Å². The van der Waals surface area contributed by atoms with Crippen molar-refractivity contribution in [2.24, 2.45) is 0 Å². The first-order valence-corrected chi connectivity index (χ1v) is 11.0. The van der Waals surface area contributed by atoms with Crippen LogP contribution in [0.15, 0.2) is 45.9 Å². The minimum absolute atomic E-state index is 0.0165. The van der Waals surface area contributed by atoms with Crippen molar-refractivity contribution >= 4 is 28.4 Å². The van der Waals surface area contributed by atoms with Crippen molar-refractivity contribution in [3.8, 4) is 0 Å². The molecule has 27 heavy (non-hydrogen) atoms. The van der Waals surface area contributed by atoms with Crippen molar-refractivity contribution in [1.29, 1.82) is 0 Å². The zero-order chi connectivity index (χ0) is 18.6. The maximum Gasteiger partial charge on any atom is 0.262 e. The summed E-state index contributed by atoms with van der Waals surface area (Å²) in [5, 5.41) is 1.30. The van der Waals surface area contributed by atoms with Crippen molar-refractivity contribution in [2.75, 3.05) is 0 Å². The lowest BCUT2D eigenvalue weighted by atomic mass is 9.97. The molecule has 1 aromatic heterocycles. The summed E-state index contributed by atoms with van der Waals surface area (Å²) in [4.78, 5) is 30.3. The van der Waals surface area contributed by atoms with Crippen molar-refractivity contribution in [1.82, 2.24) is 9.55 Å². The molecule has 1 heterocycles. The Morgan fingerprint density at radius 3 is 2.74 bits per heavy atom. The van der Waals surface area contributed by atoms with Gasteiger partial charge in [0, 0.05) is 13.0 Å². The number of rotatable bonds is 5. The van der Waals surface area contributed by atoms with Gasteiger partial charge in [0.2, 0.25) is 0 Å². The molecule has 1 atom stereocenters. The molecule has 4 nitrogen and oxygen atoms in total. The van der Waals surface area contributed by atoms with Gasteiger partial charge in [-0.25, -0.2) is 4.98 Å². The fraction of sp³-hybridized carbons (Fsp3) is 0.500. The Balaban J connectivity index is 1.67. The second-order valence-corrected chi connectivity index (χ2v) is 8.71. The molecule has 2 aliphatic rings. The van der Waals surface area contributed by atoms with Crippen LogP contribution < -0.4 is 5.56 Å². The Bertz CT molecular complexity index is 932. The van der Waals surface area contributed by atoms with Gasteiger partial charge in [0.25, 0.3) is 5.56 Å². The summed E-state index contributed by atoms with van der Waals surface area (Å²) >= 11 is 1.50. The van der Waals surface area contributed by atoms with Crippen molar-refractivity contribution < 1.29 is 4.79 Å². The molecule has 0 saturated heterocycles. The number of thioether (sulfide) groups is 1. The van der Waals surface area contributed by atoms with E-state index in [0.29, 0.717) is 29.3 Å². The Hall–Kier alpha value is -1.88. The number of para-hydroxylation sites is 1. The third-order valence-corrected chi connectivity index (χ3v) is 6.92. The van der Waals surface area contributed by atoms with E-state index in [9.17, 15) is 9.59 Å². The monoisotopic (exact) mass is 382 g/mol. The van der Waals surface area contributed by atoms with Crippen molar-refractivity contribution in [3.63, 3.8) is 0 Å².